The molecule has 2 heterocycles. The van der Waals surface area contributed by atoms with Crippen LogP contribution in [0, 0.1) is 0 Å². The van der Waals surface area contributed by atoms with Crippen molar-refractivity contribution in [3.05, 3.63) is 41.7 Å². The van der Waals surface area contributed by atoms with E-state index in [1.807, 2.05) is 20.2 Å². The molecule has 1 amide bonds. The standard InChI is InChI=1S/C19H25N5OS/c1-5-14-7-8-15-17(13-14)26-19(21-15)24(12-6-11-22(2)3)18(25)16-9-10-20-23(16)4/h7-10,13H,5-6,11-12H2,1-4H3. The molecule has 7 heteroatoms. The predicted octanol–water partition coefficient (Wildman–Crippen LogP) is 3.19. The number of anilines is 1. The Hall–Kier alpha value is -2.25. The Morgan fingerprint density at radius 1 is 1.23 bits per heavy atom. The van der Waals surface area contributed by atoms with Gasteiger partial charge in [0.15, 0.2) is 5.13 Å². The zero-order chi connectivity index (χ0) is 18.7. The van der Waals surface area contributed by atoms with Crippen LogP contribution < -0.4 is 4.90 Å². The lowest BCUT2D eigenvalue weighted by molar-refractivity contribution is 0.0977. The van der Waals surface area contributed by atoms with Crippen molar-refractivity contribution in [1.82, 2.24) is 19.7 Å². The zero-order valence-electron chi connectivity index (χ0n) is 15.8. The fourth-order valence-electron chi connectivity index (χ4n) is 2.84. The van der Waals surface area contributed by atoms with Crippen LogP contribution in [0.15, 0.2) is 30.5 Å². The zero-order valence-corrected chi connectivity index (χ0v) is 16.6. The monoisotopic (exact) mass is 371 g/mol. The largest absolute Gasteiger partial charge is 0.309 e. The summed E-state index contributed by atoms with van der Waals surface area (Å²) in [5, 5.41) is 4.88. The van der Waals surface area contributed by atoms with Crippen molar-refractivity contribution in [3.63, 3.8) is 0 Å². The van der Waals surface area contributed by atoms with Crippen LogP contribution in [-0.2, 0) is 13.5 Å². The summed E-state index contributed by atoms with van der Waals surface area (Å²) in [7, 11) is 5.87. The van der Waals surface area contributed by atoms with Gasteiger partial charge in [0.25, 0.3) is 5.91 Å². The first-order chi connectivity index (χ1) is 12.5. The summed E-state index contributed by atoms with van der Waals surface area (Å²) >= 11 is 1.58. The number of rotatable bonds is 7. The van der Waals surface area contributed by atoms with E-state index in [4.69, 9.17) is 4.98 Å². The number of nitrogens with zero attached hydrogens (tertiary/aromatic N) is 5. The van der Waals surface area contributed by atoms with E-state index in [0.717, 1.165) is 34.7 Å². The van der Waals surface area contributed by atoms with Crippen LogP contribution in [0.5, 0.6) is 0 Å². The maximum absolute atomic E-state index is 13.1. The van der Waals surface area contributed by atoms with Gasteiger partial charge in [-0.25, -0.2) is 4.98 Å². The van der Waals surface area contributed by atoms with Crippen molar-refractivity contribution in [3.8, 4) is 0 Å². The molecular formula is C19H25N5OS. The molecule has 0 fully saturated rings. The highest BCUT2D eigenvalue weighted by Crippen LogP contribution is 2.30. The topological polar surface area (TPSA) is 54.3 Å². The molecule has 0 radical (unpaired) electrons. The molecule has 0 aliphatic rings. The average Bonchev–Trinajstić information content (AvgIpc) is 3.22. The van der Waals surface area contributed by atoms with Crippen LogP contribution >= 0.6 is 11.3 Å². The molecule has 6 nitrogen and oxygen atoms in total. The number of benzene rings is 1. The quantitative estimate of drug-likeness (QED) is 0.640. The minimum atomic E-state index is -0.0569. The molecule has 138 valence electrons. The summed E-state index contributed by atoms with van der Waals surface area (Å²) in [6.45, 7) is 3.69. The number of aryl methyl sites for hydroxylation is 2. The summed E-state index contributed by atoms with van der Waals surface area (Å²) in [5.74, 6) is -0.0569. The van der Waals surface area contributed by atoms with E-state index >= 15 is 0 Å². The van der Waals surface area contributed by atoms with Gasteiger partial charge in [-0.1, -0.05) is 24.3 Å². The van der Waals surface area contributed by atoms with E-state index in [-0.39, 0.29) is 5.91 Å². The van der Waals surface area contributed by atoms with Crippen molar-refractivity contribution in [1.29, 1.82) is 0 Å². The van der Waals surface area contributed by atoms with E-state index in [1.165, 1.54) is 5.56 Å². The Kier molecular flexibility index (Phi) is 5.68. The van der Waals surface area contributed by atoms with Gasteiger partial charge < -0.3 is 4.90 Å². The maximum Gasteiger partial charge on any atom is 0.278 e. The fourth-order valence-corrected chi connectivity index (χ4v) is 3.90. The Labute approximate surface area is 158 Å². The van der Waals surface area contributed by atoms with Gasteiger partial charge in [0.1, 0.15) is 5.69 Å². The average molecular weight is 372 g/mol. The van der Waals surface area contributed by atoms with E-state index in [9.17, 15) is 4.79 Å². The summed E-state index contributed by atoms with van der Waals surface area (Å²) in [5.41, 5.74) is 2.80. The van der Waals surface area contributed by atoms with Crippen LogP contribution in [0.1, 0.15) is 29.4 Å². The van der Waals surface area contributed by atoms with Crippen LogP contribution in [0.4, 0.5) is 5.13 Å². The highest BCUT2D eigenvalue weighted by Gasteiger charge is 2.23. The lowest BCUT2D eigenvalue weighted by Gasteiger charge is -2.20. The van der Waals surface area contributed by atoms with Gasteiger partial charge in [0.2, 0.25) is 0 Å². The van der Waals surface area contributed by atoms with Crippen LogP contribution in [0.3, 0.4) is 0 Å². The molecule has 0 saturated carbocycles. The Balaban J connectivity index is 1.94. The van der Waals surface area contributed by atoms with Crippen molar-refractivity contribution < 1.29 is 4.79 Å². The van der Waals surface area contributed by atoms with E-state index in [2.05, 4.69) is 29.1 Å². The Bertz CT molecular complexity index is 898. The molecule has 26 heavy (non-hydrogen) atoms. The number of carbonyl (C=O) groups is 1. The number of hydrogen-bond donors (Lipinski definition) is 0. The number of aromatic nitrogens is 3. The smallest absolute Gasteiger partial charge is 0.278 e. The van der Waals surface area contributed by atoms with Crippen LogP contribution in [-0.4, -0.2) is 52.8 Å². The van der Waals surface area contributed by atoms with Crippen LogP contribution in [0.2, 0.25) is 0 Å². The van der Waals surface area contributed by atoms with Crippen molar-refractivity contribution >= 4 is 32.6 Å². The van der Waals surface area contributed by atoms with Gasteiger partial charge >= 0.3 is 0 Å². The van der Waals surface area contributed by atoms with Gasteiger partial charge in [0, 0.05) is 19.8 Å². The minimum Gasteiger partial charge on any atom is -0.309 e. The molecule has 2 aromatic heterocycles. The molecule has 0 aliphatic carbocycles. The van der Waals surface area contributed by atoms with E-state index in [0.29, 0.717) is 12.2 Å². The summed E-state index contributed by atoms with van der Waals surface area (Å²) in [4.78, 5) is 21.8. The third kappa shape index (κ3) is 3.94. The number of carbonyl (C=O) groups excluding carboxylic acids is 1. The number of thiazole rings is 1. The maximum atomic E-state index is 13.1. The SMILES string of the molecule is CCc1ccc2nc(N(CCCN(C)C)C(=O)c3ccnn3C)sc2c1. The summed E-state index contributed by atoms with van der Waals surface area (Å²) in [6.07, 6.45) is 3.52. The van der Waals surface area contributed by atoms with Crippen molar-refractivity contribution in [2.45, 2.75) is 19.8 Å². The minimum absolute atomic E-state index is 0.0569. The van der Waals surface area contributed by atoms with Crippen LogP contribution in [0.25, 0.3) is 10.2 Å². The van der Waals surface area contributed by atoms with Gasteiger partial charge in [-0.05, 0) is 57.2 Å². The second-order valence-electron chi connectivity index (χ2n) is 6.61. The molecule has 0 bridgehead atoms. The fraction of sp³-hybridized carbons (Fsp3) is 0.421. The Morgan fingerprint density at radius 3 is 2.69 bits per heavy atom. The first-order valence-electron chi connectivity index (χ1n) is 8.83. The van der Waals surface area contributed by atoms with Gasteiger partial charge in [-0.2, -0.15) is 5.10 Å². The molecule has 1 aromatic carbocycles. The molecule has 0 unspecified atom stereocenters. The number of amides is 1. The highest BCUT2D eigenvalue weighted by atomic mass is 32.1. The predicted molar refractivity (Wildman–Crippen MR) is 107 cm³/mol. The third-order valence-electron chi connectivity index (χ3n) is 4.35. The first kappa shape index (κ1) is 18.5. The molecule has 0 atom stereocenters. The normalized spacial score (nSPS) is 11.4. The third-order valence-corrected chi connectivity index (χ3v) is 5.39. The second kappa shape index (κ2) is 7.97. The van der Waals surface area contributed by atoms with Gasteiger partial charge in [-0.15, -0.1) is 0 Å². The van der Waals surface area contributed by atoms with Crippen molar-refractivity contribution in [2.75, 3.05) is 32.1 Å². The molecule has 0 saturated heterocycles. The molecule has 3 aromatic rings. The molecule has 0 N–H and O–H groups in total. The Morgan fingerprint density at radius 2 is 2.04 bits per heavy atom. The molecular weight excluding hydrogens is 346 g/mol. The number of hydrogen-bond acceptors (Lipinski definition) is 5. The first-order valence-corrected chi connectivity index (χ1v) is 9.65. The summed E-state index contributed by atoms with van der Waals surface area (Å²) < 4.78 is 2.74. The lowest BCUT2D eigenvalue weighted by Crippen LogP contribution is -2.34. The van der Waals surface area contributed by atoms with Crippen molar-refractivity contribution in [2.24, 2.45) is 7.05 Å². The highest BCUT2D eigenvalue weighted by molar-refractivity contribution is 7.22. The lowest BCUT2D eigenvalue weighted by atomic mass is 10.2. The number of fused-ring (bicyclic) bond motifs is 1. The van der Waals surface area contributed by atoms with Gasteiger partial charge in [-0.3, -0.25) is 14.4 Å². The molecule has 0 aliphatic heterocycles. The summed E-state index contributed by atoms with van der Waals surface area (Å²) in [6, 6.07) is 8.07. The van der Waals surface area contributed by atoms with Gasteiger partial charge in [0.05, 0.1) is 10.2 Å². The molecule has 3 rings (SSSR count). The van der Waals surface area contributed by atoms with E-state index in [1.54, 1.807) is 40.2 Å². The molecule has 0 spiro atoms. The van der Waals surface area contributed by atoms with E-state index < -0.39 is 0 Å². The second-order valence-corrected chi connectivity index (χ2v) is 7.61.